The summed E-state index contributed by atoms with van der Waals surface area (Å²) in [4.78, 5) is 11.5. The van der Waals surface area contributed by atoms with Crippen LogP contribution in [0.1, 0.15) is 45.4 Å². The lowest BCUT2D eigenvalue weighted by Crippen LogP contribution is -2.19. The third-order valence-corrected chi connectivity index (χ3v) is 3.53. The van der Waals surface area contributed by atoms with E-state index in [1.54, 1.807) is 0 Å². The van der Waals surface area contributed by atoms with E-state index in [1.165, 1.54) is 25.7 Å². The number of carbonyl (C=O) groups is 1. The second kappa shape index (κ2) is 3.69. The molecule has 74 valence electrons. The first-order chi connectivity index (χ1) is 6.33. The van der Waals surface area contributed by atoms with Crippen molar-refractivity contribution < 1.29 is 9.53 Å². The summed E-state index contributed by atoms with van der Waals surface area (Å²) in [6.07, 6.45) is 7.38. The van der Waals surface area contributed by atoms with Crippen LogP contribution in [0.2, 0.25) is 0 Å². The van der Waals surface area contributed by atoms with Gasteiger partial charge in [0.25, 0.3) is 0 Å². The third-order valence-electron chi connectivity index (χ3n) is 3.53. The van der Waals surface area contributed by atoms with E-state index in [2.05, 4.69) is 6.92 Å². The van der Waals surface area contributed by atoms with E-state index < -0.39 is 0 Å². The van der Waals surface area contributed by atoms with Crippen molar-refractivity contribution in [3.05, 3.63) is 0 Å². The lowest BCUT2D eigenvalue weighted by Gasteiger charge is -2.16. The van der Waals surface area contributed by atoms with Crippen LogP contribution in [0.5, 0.6) is 0 Å². The van der Waals surface area contributed by atoms with Crippen LogP contribution < -0.4 is 0 Å². The molecule has 0 amide bonds. The molecule has 0 unspecified atom stereocenters. The minimum atomic E-state index is 0.0689. The van der Waals surface area contributed by atoms with Crippen LogP contribution in [0.3, 0.4) is 0 Å². The van der Waals surface area contributed by atoms with E-state index in [0.29, 0.717) is 5.92 Å². The molecule has 0 bridgehead atoms. The summed E-state index contributed by atoms with van der Waals surface area (Å²) in [5, 5.41) is 0. The predicted octanol–water partition coefficient (Wildman–Crippen LogP) is 2.52. The Kier molecular flexibility index (Phi) is 2.56. The van der Waals surface area contributed by atoms with E-state index in [0.717, 1.165) is 12.8 Å². The first kappa shape index (κ1) is 9.04. The van der Waals surface area contributed by atoms with Crippen LogP contribution in [-0.4, -0.2) is 12.1 Å². The number of esters is 1. The first-order valence-corrected chi connectivity index (χ1v) is 5.53. The van der Waals surface area contributed by atoms with Crippen LogP contribution in [-0.2, 0) is 9.53 Å². The molecule has 0 aromatic heterocycles. The molecule has 1 aliphatic heterocycles. The fourth-order valence-electron chi connectivity index (χ4n) is 2.79. The summed E-state index contributed by atoms with van der Waals surface area (Å²) in [7, 11) is 0. The first-order valence-electron chi connectivity index (χ1n) is 5.53. The largest absolute Gasteiger partial charge is 0.462 e. The summed E-state index contributed by atoms with van der Waals surface area (Å²) in [5.74, 6) is 0.822. The molecule has 0 spiro atoms. The van der Waals surface area contributed by atoms with Crippen molar-refractivity contribution in [1.82, 2.24) is 0 Å². The molecular weight excluding hydrogens is 164 g/mol. The topological polar surface area (TPSA) is 26.3 Å². The second-order valence-corrected chi connectivity index (χ2v) is 4.29. The van der Waals surface area contributed by atoms with Gasteiger partial charge in [-0.15, -0.1) is 0 Å². The molecule has 13 heavy (non-hydrogen) atoms. The zero-order chi connectivity index (χ0) is 9.26. The molecule has 1 aliphatic carbocycles. The molecule has 1 saturated carbocycles. The molecule has 0 aromatic rings. The van der Waals surface area contributed by atoms with Crippen molar-refractivity contribution in [1.29, 1.82) is 0 Å². The molecule has 3 atom stereocenters. The highest BCUT2D eigenvalue weighted by atomic mass is 16.6. The summed E-state index contributed by atoms with van der Waals surface area (Å²) in [5.41, 5.74) is 0. The van der Waals surface area contributed by atoms with E-state index in [9.17, 15) is 4.79 Å². The van der Waals surface area contributed by atoms with Crippen LogP contribution in [0.25, 0.3) is 0 Å². The van der Waals surface area contributed by atoms with Gasteiger partial charge in [0.15, 0.2) is 0 Å². The average molecular weight is 182 g/mol. The smallest absolute Gasteiger partial charge is 0.309 e. The van der Waals surface area contributed by atoms with Crippen molar-refractivity contribution in [2.45, 2.75) is 51.6 Å². The maximum absolute atomic E-state index is 11.5. The number of rotatable bonds is 1. The molecule has 0 N–H and O–H groups in total. The van der Waals surface area contributed by atoms with Gasteiger partial charge in [-0.1, -0.05) is 19.8 Å². The number of hydrogen-bond donors (Lipinski definition) is 0. The molecule has 2 rings (SSSR count). The maximum Gasteiger partial charge on any atom is 0.309 e. The highest BCUT2D eigenvalue weighted by Crippen LogP contribution is 2.38. The van der Waals surface area contributed by atoms with Gasteiger partial charge in [-0.05, 0) is 25.7 Å². The number of ether oxygens (including phenoxy) is 1. The van der Waals surface area contributed by atoms with Gasteiger partial charge in [-0.3, -0.25) is 4.79 Å². The molecule has 2 fully saturated rings. The van der Waals surface area contributed by atoms with Gasteiger partial charge in [0.2, 0.25) is 0 Å². The Balaban J connectivity index is 2.09. The Morgan fingerprint density at radius 1 is 1.31 bits per heavy atom. The Bertz CT molecular complexity index is 200. The lowest BCUT2D eigenvalue weighted by atomic mass is 9.85. The predicted molar refractivity (Wildman–Crippen MR) is 50.2 cm³/mol. The number of fused-ring (bicyclic) bond motifs is 1. The average Bonchev–Trinajstić information content (AvgIpc) is 2.32. The maximum atomic E-state index is 11.5. The summed E-state index contributed by atoms with van der Waals surface area (Å²) < 4.78 is 5.41. The standard InChI is InChI=1S/C11H18O2/c1-2-8-9-6-4-3-5-7-10(9)13-11(8)12/h8-10H,2-7H2,1H3/t8-,9+,10-/m1/s1. The molecular formula is C11H18O2. The van der Waals surface area contributed by atoms with Crippen molar-refractivity contribution in [2.24, 2.45) is 11.8 Å². The van der Waals surface area contributed by atoms with Crippen LogP contribution in [0, 0.1) is 11.8 Å². The monoisotopic (exact) mass is 182 g/mol. The van der Waals surface area contributed by atoms with Gasteiger partial charge in [0.05, 0.1) is 5.92 Å². The van der Waals surface area contributed by atoms with Gasteiger partial charge in [-0.2, -0.15) is 0 Å². The van der Waals surface area contributed by atoms with Crippen molar-refractivity contribution in [3.63, 3.8) is 0 Å². The minimum absolute atomic E-state index is 0.0689. The summed E-state index contributed by atoms with van der Waals surface area (Å²) in [6.45, 7) is 2.10. The highest BCUT2D eigenvalue weighted by molar-refractivity contribution is 5.75. The van der Waals surface area contributed by atoms with Gasteiger partial charge < -0.3 is 4.74 Å². The van der Waals surface area contributed by atoms with E-state index >= 15 is 0 Å². The van der Waals surface area contributed by atoms with Crippen molar-refractivity contribution in [3.8, 4) is 0 Å². The Hall–Kier alpha value is -0.530. The number of carbonyl (C=O) groups excluding carboxylic acids is 1. The van der Waals surface area contributed by atoms with Crippen LogP contribution in [0.15, 0.2) is 0 Å². The minimum Gasteiger partial charge on any atom is -0.462 e. The fourth-order valence-corrected chi connectivity index (χ4v) is 2.79. The highest BCUT2D eigenvalue weighted by Gasteiger charge is 2.43. The molecule has 0 aromatic carbocycles. The zero-order valence-electron chi connectivity index (χ0n) is 8.29. The van der Waals surface area contributed by atoms with Crippen molar-refractivity contribution >= 4 is 5.97 Å². The third kappa shape index (κ3) is 1.59. The lowest BCUT2D eigenvalue weighted by molar-refractivity contribution is -0.144. The molecule has 2 aliphatic rings. The zero-order valence-corrected chi connectivity index (χ0v) is 8.29. The quantitative estimate of drug-likeness (QED) is 0.582. The normalized spacial score (nSPS) is 39.5. The van der Waals surface area contributed by atoms with Gasteiger partial charge >= 0.3 is 5.97 Å². The Labute approximate surface area is 79.7 Å². The van der Waals surface area contributed by atoms with Gasteiger partial charge in [-0.25, -0.2) is 0 Å². The fraction of sp³-hybridized carbons (Fsp3) is 0.909. The Morgan fingerprint density at radius 3 is 2.85 bits per heavy atom. The molecule has 0 radical (unpaired) electrons. The molecule has 1 saturated heterocycles. The van der Waals surface area contributed by atoms with Crippen LogP contribution in [0.4, 0.5) is 0 Å². The van der Waals surface area contributed by atoms with E-state index in [4.69, 9.17) is 4.74 Å². The SMILES string of the molecule is CC[C@H]1C(=O)O[C@@H]2CCCCC[C@H]21. The summed E-state index contributed by atoms with van der Waals surface area (Å²) in [6, 6.07) is 0. The van der Waals surface area contributed by atoms with Crippen LogP contribution >= 0.6 is 0 Å². The summed E-state index contributed by atoms with van der Waals surface area (Å²) >= 11 is 0. The van der Waals surface area contributed by atoms with Gasteiger partial charge in [0, 0.05) is 5.92 Å². The Morgan fingerprint density at radius 2 is 2.08 bits per heavy atom. The molecule has 2 heteroatoms. The van der Waals surface area contributed by atoms with E-state index in [-0.39, 0.29) is 18.0 Å². The second-order valence-electron chi connectivity index (χ2n) is 4.29. The van der Waals surface area contributed by atoms with Gasteiger partial charge in [0.1, 0.15) is 6.10 Å². The molecule has 2 nitrogen and oxygen atoms in total. The van der Waals surface area contributed by atoms with E-state index in [1.807, 2.05) is 0 Å². The van der Waals surface area contributed by atoms with Crippen molar-refractivity contribution in [2.75, 3.05) is 0 Å². The molecule has 1 heterocycles. The number of hydrogen-bond acceptors (Lipinski definition) is 2.